The fourth-order valence-electron chi connectivity index (χ4n) is 2.59. The van der Waals surface area contributed by atoms with Crippen LogP contribution < -0.4 is 10.2 Å². The van der Waals surface area contributed by atoms with E-state index in [2.05, 4.69) is 10.3 Å². The van der Waals surface area contributed by atoms with Crippen molar-refractivity contribution in [2.75, 3.05) is 10.2 Å². The number of benzene rings is 1. The molecular formula is C16H15N3O2. The van der Waals surface area contributed by atoms with Crippen LogP contribution in [0.5, 0.6) is 0 Å². The first-order valence-corrected chi connectivity index (χ1v) is 6.80. The van der Waals surface area contributed by atoms with Crippen LogP contribution in [0.4, 0.5) is 11.5 Å². The van der Waals surface area contributed by atoms with Crippen LogP contribution >= 0.6 is 0 Å². The molecule has 2 heterocycles. The first kappa shape index (κ1) is 13.3. The van der Waals surface area contributed by atoms with E-state index in [1.165, 1.54) is 0 Å². The maximum atomic E-state index is 12.4. The van der Waals surface area contributed by atoms with Gasteiger partial charge in [0, 0.05) is 17.9 Å². The molecule has 1 aromatic carbocycles. The van der Waals surface area contributed by atoms with E-state index in [1.807, 2.05) is 31.2 Å². The van der Waals surface area contributed by atoms with Gasteiger partial charge in [-0.25, -0.2) is 4.98 Å². The van der Waals surface area contributed by atoms with Gasteiger partial charge in [-0.3, -0.25) is 9.59 Å². The third-order valence-electron chi connectivity index (χ3n) is 3.53. The van der Waals surface area contributed by atoms with Gasteiger partial charge in [0.2, 0.25) is 0 Å². The Balaban J connectivity index is 1.81. The van der Waals surface area contributed by atoms with E-state index < -0.39 is 11.8 Å². The number of nitrogens with one attached hydrogen (secondary N) is 1. The Hall–Kier alpha value is -2.69. The molecule has 1 aliphatic heterocycles. The van der Waals surface area contributed by atoms with E-state index >= 15 is 0 Å². The Morgan fingerprint density at radius 3 is 2.71 bits per heavy atom. The second-order valence-corrected chi connectivity index (χ2v) is 5.03. The lowest BCUT2D eigenvalue weighted by Crippen LogP contribution is -2.43. The molecule has 1 atom stereocenters. The van der Waals surface area contributed by atoms with Crippen molar-refractivity contribution < 1.29 is 9.59 Å². The standard InChI is InChI=1S/C16H15N3O2/c1-11-10-12-6-2-3-7-13(12)19(11)16(21)15(20)18-14-8-4-5-9-17-14/h2-9,11H,10H2,1H3,(H,17,18,20). The van der Waals surface area contributed by atoms with Crippen molar-refractivity contribution in [2.24, 2.45) is 0 Å². The zero-order chi connectivity index (χ0) is 14.8. The summed E-state index contributed by atoms with van der Waals surface area (Å²) in [6.45, 7) is 1.94. The maximum absolute atomic E-state index is 12.4. The number of fused-ring (bicyclic) bond motifs is 1. The number of hydrogen-bond donors (Lipinski definition) is 1. The molecule has 0 radical (unpaired) electrons. The van der Waals surface area contributed by atoms with Crippen LogP contribution in [-0.4, -0.2) is 22.8 Å². The molecule has 21 heavy (non-hydrogen) atoms. The van der Waals surface area contributed by atoms with Gasteiger partial charge in [-0.1, -0.05) is 24.3 Å². The molecule has 1 aromatic heterocycles. The summed E-state index contributed by atoms with van der Waals surface area (Å²) < 4.78 is 0. The maximum Gasteiger partial charge on any atom is 0.316 e. The molecule has 5 heteroatoms. The van der Waals surface area contributed by atoms with Gasteiger partial charge < -0.3 is 10.2 Å². The van der Waals surface area contributed by atoms with Crippen molar-refractivity contribution >= 4 is 23.3 Å². The van der Waals surface area contributed by atoms with Crippen LogP contribution in [0.1, 0.15) is 12.5 Å². The van der Waals surface area contributed by atoms with Gasteiger partial charge in [0.05, 0.1) is 0 Å². The molecule has 2 amide bonds. The molecule has 1 N–H and O–H groups in total. The quantitative estimate of drug-likeness (QED) is 0.813. The number of rotatable bonds is 1. The predicted octanol–water partition coefficient (Wildman–Crippen LogP) is 2.00. The van der Waals surface area contributed by atoms with E-state index in [1.54, 1.807) is 29.3 Å². The molecule has 106 valence electrons. The Bertz CT molecular complexity index is 685. The van der Waals surface area contributed by atoms with Crippen molar-refractivity contribution in [3.8, 4) is 0 Å². The third-order valence-corrected chi connectivity index (χ3v) is 3.53. The number of carbonyl (C=O) groups is 2. The lowest BCUT2D eigenvalue weighted by atomic mass is 10.1. The molecule has 0 bridgehead atoms. The highest BCUT2D eigenvalue weighted by Gasteiger charge is 2.34. The summed E-state index contributed by atoms with van der Waals surface area (Å²) in [5.41, 5.74) is 1.90. The molecule has 2 aromatic rings. The van der Waals surface area contributed by atoms with Gasteiger partial charge in [-0.2, -0.15) is 0 Å². The fourth-order valence-corrected chi connectivity index (χ4v) is 2.59. The van der Waals surface area contributed by atoms with Crippen molar-refractivity contribution in [3.05, 3.63) is 54.2 Å². The second-order valence-electron chi connectivity index (χ2n) is 5.03. The van der Waals surface area contributed by atoms with E-state index in [0.717, 1.165) is 17.7 Å². The first-order chi connectivity index (χ1) is 10.2. The lowest BCUT2D eigenvalue weighted by Gasteiger charge is -2.21. The van der Waals surface area contributed by atoms with Crippen LogP contribution in [0.25, 0.3) is 0 Å². The first-order valence-electron chi connectivity index (χ1n) is 6.80. The molecule has 0 spiro atoms. The van der Waals surface area contributed by atoms with Gasteiger partial charge >= 0.3 is 11.8 Å². The van der Waals surface area contributed by atoms with Crippen LogP contribution in [0.15, 0.2) is 48.7 Å². The topological polar surface area (TPSA) is 62.3 Å². The van der Waals surface area contributed by atoms with E-state index in [9.17, 15) is 9.59 Å². The number of aromatic nitrogens is 1. The number of anilines is 2. The van der Waals surface area contributed by atoms with Crippen molar-refractivity contribution in [1.82, 2.24) is 4.98 Å². The Morgan fingerprint density at radius 2 is 1.95 bits per heavy atom. The fraction of sp³-hybridized carbons (Fsp3) is 0.188. The van der Waals surface area contributed by atoms with Gasteiger partial charge in [-0.15, -0.1) is 0 Å². The SMILES string of the molecule is CC1Cc2ccccc2N1C(=O)C(=O)Nc1ccccn1. The van der Waals surface area contributed by atoms with Gasteiger partial charge in [0.25, 0.3) is 0 Å². The Labute approximate surface area is 122 Å². The Morgan fingerprint density at radius 1 is 1.19 bits per heavy atom. The average molecular weight is 281 g/mol. The summed E-state index contributed by atoms with van der Waals surface area (Å²) in [6, 6.07) is 12.8. The monoisotopic (exact) mass is 281 g/mol. The summed E-state index contributed by atoms with van der Waals surface area (Å²) in [5.74, 6) is -0.855. The average Bonchev–Trinajstić information content (AvgIpc) is 2.83. The zero-order valence-corrected chi connectivity index (χ0v) is 11.6. The highest BCUT2D eigenvalue weighted by molar-refractivity contribution is 6.44. The second kappa shape index (κ2) is 5.36. The molecular weight excluding hydrogens is 266 g/mol. The minimum absolute atomic E-state index is 0.0237. The van der Waals surface area contributed by atoms with Crippen LogP contribution in [0.3, 0.4) is 0 Å². The van der Waals surface area contributed by atoms with Crippen LogP contribution in [0, 0.1) is 0 Å². The van der Waals surface area contributed by atoms with Crippen molar-refractivity contribution in [1.29, 1.82) is 0 Å². The highest BCUT2D eigenvalue weighted by Crippen LogP contribution is 2.31. The molecule has 0 aliphatic carbocycles. The summed E-state index contributed by atoms with van der Waals surface area (Å²) in [7, 11) is 0. The summed E-state index contributed by atoms with van der Waals surface area (Å²) >= 11 is 0. The highest BCUT2D eigenvalue weighted by atomic mass is 16.2. The van der Waals surface area contributed by atoms with Crippen LogP contribution in [-0.2, 0) is 16.0 Å². The smallest absolute Gasteiger partial charge is 0.302 e. The van der Waals surface area contributed by atoms with E-state index in [0.29, 0.717) is 5.82 Å². The number of carbonyl (C=O) groups excluding carboxylic acids is 2. The van der Waals surface area contributed by atoms with Crippen LogP contribution in [0.2, 0.25) is 0 Å². The molecule has 3 rings (SSSR count). The number of para-hydroxylation sites is 1. The summed E-state index contributed by atoms with van der Waals surface area (Å²) in [6.07, 6.45) is 2.33. The number of pyridine rings is 1. The molecule has 0 saturated carbocycles. The van der Waals surface area contributed by atoms with Crippen molar-refractivity contribution in [2.45, 2.75) is 19.4 Å². The number of nitrogens with zero attached hydrogens (tertiary/aromatic N) is 2. The molecule has 0 fully saturated rings. The van der Waals surface area contributed by atoms with E-state index in [4.69, 9.17) is 0 Å². The largest absolute Gasteiger partial charge is 0.316 e. The van der Waals surface area contributed by atoms with Gasteiger partial charge in [0.1, 0.15) is 5.82 Å². The number of hydrogen-bond acceptors (Lipinski definition) is 3. The third kappa shape index (κ3) is 2.50. The predicted molar refractivity (Wildman–Crippen MR) is 80.0 cm³/mol. The minimum Gasteiger partial charge on any atom is -0.302 e. The van der Waals surface area contributed by atoms with E-state index in [-0.39, 0.29) is 6.04 Å². The van der Waals surface area contributed by atoms with Crippen molar-refractivity contribution in [3.63, 3.8) is 0 Å². The summed E-state index contributed by atoms with van der Waals surface area (Å²) in [4.78, 5) is 30.1. The molecule has 0 saturated heterocycles. The number of amides is 2. The molecule has 1 unspecified atom stereocenters. The molecule has 5 nitrogen and oxygen atoms in total. The normalized spacial score (nSPS) is 16.4. The summed E-state index contributed by atoms with van der Waals surface area (Å²) in [5, 5.41) is 2.53. The van der Waals surface area contributed by atoms with Gasteiger partial charge in [-0.05, 0) is 37.1 Å². The molecule has 1 aliphatic rings. The van der Waals surface area contributed by atoms with Gasteiger partial charge in [0.15, 0.2) is 0 Å². The lowest BCUT2D eigenvalue weighted by molar-refractivity contribution is -0.134. The Kier molecular flexibility index (Phi) is 3.39. The minimum atomic E-state index is -0.669. The zero-order valence-electron chi connectivity index (χ0n) is 11.6.